The first-order valence-electron chi connectivity index (χ1n) is 9.64. The van der Waals surface area contributed by atoms with Gasteiger partial charge in [-0.25, -0.2) is 13.6 Å². The van der Waals surface area contributed by atoms with Crippen molar-refractivity contribution in [3.05, 3.63) is 35.4 Å². The lowest BCUT2D eigenvalue weighted by molar-refractivity contribution is -0.208. The molecule has 3 fully saturated rings. The minimum absolute atomic E-state index is 0.0179. The molecule has 0 unspecified atom stereocenters. The number of fused-ring (bicyclic) bond motifs is 3. The van der Waals surface area contributed by atoms with Crippen LogP contribution in [-0.4, -0.2) is 43.5 Å². The highest BCUT2D eigenvalue weighted by atomic mass is 32.2. The molecule has 2 saturated carbocycles. The molecule has 1 spiro atoms. The fourth-order valence-electron chi connectivity index (χ4n) is 5.47. The number of carbonyl (C=O) groups is 1. The average molecular weight is 393 g/mol. The predicted molar refractivity (Wildman–Crippen MR) is 102 cm³/mol. The van der Waals surface area contributed by atoms with Crippen molar-refractivity contribution in [1.82, 2.24) is 4.90 Å². The molecule has 3 aliphatic rings. The standard InChI is InChI=1S/C20H28N2O4S/c1-19(2)12-22(13-20(26-19)10-15-5-8-17(20)9-15)18(23)16-6-3-14(4-7-16)11-27(21,24)25/h3-4,6-7,15,17H,5,8-13H2,1-2H3,(H2,21,24,25)/t15-,17+,20+/m1/s1. The Morgan fingerprint density at radius 1 is 1.22 bits per heavy atom. The topological polar surface area (TPSA) is 89.7 Å². The van der Waals surface area contributed by atoms with Crippen LogP contribution in [0.4, 0.5) is 0 Å². The lowest BCUT2D eigenvalue weighted by atomic mass is 9.81. The molecule has 2 N–H and O–H groups in total. The SMILES string of the molecule is CC1(C)CN(C(=O)c2ccc(CS(N)(=O)=O)cc2)C[C@]2(C[C@@H]3CC[C@H]2C3)O1. The number of benzene rings is 1. The van der Waals surface area contributed by atoms with E-state index < -0.39 is 10.0 Å². The predicted octanol–water partition coefficient (Wildman–Crippen LogP) is 2.28. The molecule has 7 heteroatoms. The molecular formula is C20H28N2O4S. The van der Waals surface area contributed by atoms with Crippen molar-refractivity contribution in [2.24, 2.45) is 17.0 Å². The first-order valence-corrected chi connectivity index (χ1v) is 11.4. The minimum atomic E-state index is -3.58. The van der Waals surface area contributed by atoms with Crippen LogP contribution in [0.25, 0.3) is 0 Å². The number of amides is 1. The Bertz CT molecular complexity index is 849. The third kappa shape index (κ3) is 3.77. The Balaban J connectivity index is 1.54. The zero-order chi connectivity index (χ0) is 19.4. The molecule has 3 atom stereocenters. The number of carbonyl (C=O) groups excluding carboxylic acids is 1. The third-order valence-electron chi connectivity index (χ3n) is 6.29. The average Bonchev–Trinajstić information content (AvgIpc) is 3.12. The van der Waals surface area contributed by atoms with Crippen LogP contribution in [0.1, 0.15) is 55.5 Å². The molecule has 1 amide bonds. The van der Waals surface area contributed by atoms with Gasteiger partial charge in [-0.05, 0) is 69.1 Å². The summed E-state index contributed by atoms with van der Waals surface area (Å²) in [7, 11) is -3.58. The van der Waals surface area contributed by atoms with Crippen LogP contribution in [0.2, 0.25) is 0 Å². The monoisotopic (exact) mass is 392 g/mol. The highest BCUT2D eigenvalue weighted by molar-refractivity contribution is 7.88. The van der Waals surface area contributed by atoms with E-state index in [9.17, 15) is 13.2 Å². The smallest absolute Gasteiger partial charge is 0.254 e. The van der Waals surface area contributed by atoms with E-state index in [0.29, 0.717) is 30.1 Å². The maximum absolute atomic E-state index is 13.2. The van der Waals surface area contributed by atoms with Crippen LogP contribution in [0.3, 0.4) is 0 Å². The number of sulfonamides is 1. The van der Waals surface area contributed by atoms with Gasteiger partial charge in [0.2, 0.25) is 10.0 Å². The Hall–Kier alpha value is -1.44. The zero-order valence-electron chi connectivity index (χ0n) is 16.0. The quantitative estimate of drug-likeness (QED) is 0.855. The summed E-state index contributed by atoms with van der Waals surface area (Å²) < 4.78 is 29.0. The van der Waals surface area contributed by atoms with Gasteiger partial charge in [0.05, 0.1) is 23.5 Å². The van der Waals surface area contributed by atoms with Crippen LogP contribution in [-0.2, 0) is 20.5 Å². The Kier molecular flexibility index (Phi) is 4.40. The molecule has 0 aromatic heterocycles. The first kappa shape index (κ1) is 18.9. The van der Waals surface area contributed by atoms with E-state index in [-0.39, 0.29) is 22.9 Å². The van der Waals surface area contributed by atoms with Gasteiger partial charge < -0.3 is 9.64 Å². The fraction of sp³-hybridized carbons (Fsp3) is 0.650. The van der Waals surface area contributed by atoms with Gasteiger partial charge in [0.1, 0.15) is 0 Å². The van der Waals surface area contributed by atoms with Crippen molar-refractivity contribution < 1.29 is 17.9 Å². The molecule has 27 heavy (non-hydrogen) atoms. The highest BCUT2D eigenvalue weighted by Crippen LogP contribution is 2.55. The number of ether oxygens (including phenoxy) is 1. The number of hydrogen-bond acceptors (Lipinski definition) is 4. The van der Waals surface area contributed by atoms with E-state index >= 15 is 0 Å². The van der Waals surface area contributed by atoms with Crippen molar-refractivity contribution in [1.29, 1.82) is 0 Å². The summed E-state index contributed by atoms with van der Waals surface area (Å²) in [5, 5.41) is 5.09. The van der Waals surface area contributed by atoms with Crippen LogP contribution < -0.4 is 5.14 Å². The number of nitrogens with zero attached hydrogens (tertiary/aromatic N) is 1. The lowest BCUT2D eigenvalue weighted by Crippen LogP contribution is -2.62. The number of primary sulfonamides is 1. The van der Waals surface area contributed by atoms with Crippen molar-refractivity contribution in [3.63, 3.8) is 0 Å². The van der Waals surface area contributed by atoms with Crippen LogP contribution in [0.15, 0.2) is 24.3 Å². The minimum Gasteiger partial charge on any atom is -0.365 e. The second-order valence-electron chi connectivity index (χ2n) is 9.17. The molecule has 1 heterocycles. The molecule has 1 saturated heterocycles. The summed E-state index contributed by atoms with van der Waals surface area (Å²) in [6, 6.07) is 6.71. The van der Waals surface area contributed by atoms with Gasteiger partial charge in [0, 0.05) is 12.1 Å². The largest absolute Gasteiger partial charge is 0.365 e. The van der Waals surface area contributed by atoms with Gasteiger partial charge in [-0.1, -0.05) is 12.1 Å². The normalized spacial score (nSPS) is 32.2. The molecule has 1 aromatic rings. The van der Waals surface area contributed by atoms with E-state index in [4.69, 9.17) is 9.88 Å². The van der Waals surface area contributed by atoms with E-state index in [1.165, 1.54) is 19.3 Å². The number of morpholine rings is 1. The van der Waals surface area contributed by atoms with E-state index in [2.05, 4.69) is 13.8 Å². The molecule has 1 aliphatic heterocycles. The zero-order valence-corrected chi connectivity index (χ0v) is 16.8. The third-order valence-corrected chi connectivity index (χ3v) is 7.02. The van der Waals surface area contributed by atoms with Gasteiger partial charge in [-0.3, -0.25) is 4.79 Å². The maximum Gasteiger partial charge on any atom is 0.254 e. The van der Waals surface area contributed by atoms with Gasteiger partial charge >= 0.3 is 0 Å². The van der Waals surface area contributed by atoms with Crippen molar-refractivity contribution in [3.8, 4) is 0 Å². The second kappa shape index (κ2) is 6.29. The molecule has 2 aliphatic carbocycles. The Labute approximate surface area is 161 Å². The van der Waals surface area contributed by atoms with Crippen molar-refractivity contribution >= 4 is 15.9 Å². The Morgan fingerprint density at radius 3 is 2.48 bits per heavy atom. The highest BCUT2D eigenvalue weighted by Gasteiger charge is 2.57. The van der Waals surface area contributed by atoms with Gasteiger partial charge in [0.15, 0.2) is 0 Å². The number of hydrogen-bond donors (Lipinski definition) is 1. The van der Waals surface area contributed by atoms with Gasteiger partial charge in [-0.2, -0.15) is 0 Å². The van der Waals surface area contributed by atoms with Crippen LogP contribution in [0.5, 0.6) is 0 Å². The summed E-state index contributed by atoms with van der Waals surface area (Å²) in [5.41, 5.74) is 0.588. The van der Waals surface area contributed by atoms with E-state index in [0.717, 1.165) is 12.3 Å². The van der Waals surface area contributed by atoms with Crippen LogP contribution in [0, 0.1) is 11.8 Å². The summed E-state index contributed by atoms with van der Waals surface area (Å²) in [6.45, 7) is 5.34. The van der Waals surface area contributed by atoms with E-state index in [1.54, 1.807) is 24.3 Å². The van der Waals surface area contributed by atoms with Crippen molar-refractivity contribution in [2.75, 3.05) is 13.1 Å². The maximum atomic E-state index is 13.2. The Morgan fingerprint density at radius 2 is 1.93 bits per heavy atom. The second-order valence-corrected chi connectivity index (χ2v) is 10.8. The molecule has 6 nitrogen and oxygen atoms in total. The number of nitrogens with two attached hydrogens (primary N) is 1. The van der Waals surface area contributed by atoms with E-state index in [1.807, 2.05) is 4.90 Å². The molecule has 1 aromatic carbocycles. The van der Waals surface area contributed by atoms with Gasteiger partial charge in [-0.15, -0.1) is 0 Å². The lowest BCUT2D eigenvalue weighted by Gasteiger charge is -2.52. The first-order chi connectivity index (χ1) is 12.6. The summed E-state index contributed by atoms with van der Waals surface area (Å²) in [6.07, 6.45) is 4.76. The summed E-state index contributed by atoms with van der Waals surface area (Å²) in [4.78, 5) is 15.1. The summed E-state index contributed by atoms with van der Waals surface area (Å²) >= 11 is 0. The van der Waals surface area contributed by atoms with Gasteiger partial charge in [0.25, 0.3) is 5.91 Å². The molecule has 4 rings (SSSR count). The molecule has 0 radical (unpaired) electrons. The number of rotatable bonds is 3. The molecular weight excluding hydrogens is 364 g/mol. The molecule has 2 bridgehead atoms. The van der Waals surface area contributed by atoms with Crippen molar-refractivity contribution in [2.45, 2.75) is 56.5 Å². The molecule has 148 valence electrons. The van der Waals surface area contributed by atoms with Crippen LogP contribution >= 0.6 is 0 Å². The fourth-order valence-corrected chi connectivity index (χ4v) is 6.12. The summed E-state index contributed by atoms with van der Waals surface area (Å²) in [5.74, 6) is 1.04.